The molecule has 2 unspecified atom stereocenters. The smallest absolute Gasteiger partial charge is 0.159 e. The lowest BCUT2D eigenvalue weighted by molar-refractivity contribution is -0.118. The van der Waals surface area contributed by atoms with Crippen LogP contribution in [0.1, 0.15) is 33.6 Å². The van der Waals surface area contributed by atoms with Gasteiger partial charge in [0.05, 0.1) is 0 Å². The quantitative estimate of drug-likeness (QED) is 0.487. The van der Waals surface area contributed by atoms with Gasteiger partial charge in [0.2, 0.25) is 0 Å². The molecule has 0 aromatic rings. The summed E-state index contributed by atoms with van der Waals surface area (Å²) in [6.45, 7) is 6.25. The molecule has 1 aliphatic carbocycles. The van der Waals surface area contributed by atoms with Gasteiger partial charge in [0.15, 0.2) is 5.78 Å². The van der Waals surface area contributed by atoms with Crippen molar-refractivity contribution in [1.82, 2.24) is 0 Å². The highest BCUT2D eigenvalue weighted by Gasteiger charge is 2.25. The predicted octanol–water partition coefficient (Wildman–Crippen LogP) is 2.57. The van der Waals surface area contributed by atoms with E-state index in [1.54, 1.807) is 0 Å². The summed E-state index contributed by atoms with van der Waals surface area (Å²) in [7, 11) is 0. The van der Waals surface area contributed by atoms with Crippen molar-refractivity contribution >= 4 is 5.78 Å². The minimum Gasteiger partial charge on any atom is -0.295 e. The van der Waals surface area contributed by atoms with E-state index in [1.165, 1.54) is 6.42 Å². The van der Waals surface area contributed by atoms with Crippen LogP contribution in [0.3, 0.4) is 0 Å². The van der Waals surface area contributed by atoms with Crippen molar-refractivity contribution in [3.8, 4) is 0 Å². The Bertz CT molecular complexity index is 191. The summed E-state index contributed by atoms with van der Waals surface area (Å²) in [4.78, 5) is 11.4. The number of rotatable bonds is 0. The molecule has 1 aliphatic rings. The fraction of sp³-hybridized carbons (Fsp3) is 0.700. The molecule has 0 heterocycles. The first-order valence-electron chi connectivity index (χ1n) is 4.34. The first-order valence-corrected chi connectivity index (χ1v) is 4.34. The van der Waals surface area contributed by atoms with Gasteiger partial charge in [0.25, 0.3) is 0 Å². The molecular formula is C10H16O. The maximum absolute atomic E-state index is 11.4. The molecule has 11 heavy (non-hydrogen) atoms. The van der Waals surface area contributed by atoms with Crippen molar-refractivity contribution in [2.75, 3.05) is 0 Å². The third-order valence-electron chi connectivity index (χ3n) is 2.45. The Balaban J connectivity index is 2.75. The zero-order valence-electron chi connectivity index (χ0n) is 7.55. The summed E-state index contributed by atoms with van der Waals surface area (Å²) >= 11 is 0. The number of allylic oxidation sites excluding steroid dienone is 2. The van der Waals surface area contributed by atoms with Crippen molar-refractivity contribution in [2.24, 2.45) is 11.8 Å². The summed E-state index contributed by atoms with van der Waals surface area (Å²) in [5.74, 6) is 1.43. The lowest BCUT2D eigenvalue weighted by Gasteiger charge is -2.25. The maximum Gasteiger partial charge on any atom is 0.159 e. The summed E-state index contributed by atoms with van der Waals surface area (Å²) in [5.41, 5.74) is 1.04. The van der Waals surface area contributed by atoms with Crippen LogP contribution in [0.5, 0.6) is 0 Å². The van der Waals surface area contributed by atoms with E-state index in [0.717, 1.165) is 12.0 Å². The first kappa shape index (κ1) is 8.51. The average molecular weight is 152 g/mol. The highest BCUT2D eigenvalue weighted by Crippen LogP contribution is 2.29. The van der Waals surface area contributed by atoms with Gasteiger partial charge in [-0.3, -0.25) is 4.79 Å². The van der Waals surface area contributed by atoms with Gasteiger partial charge in [-0.05, 0) is 30.8 Å². The monoisotopic (exact) mass is 152 g/mol. The molecule has 0 radical (unpaired) electrons. The van der Waals surface area contributed by atoms with Crippen LogP contribution in [0.2, 0.25) is 0 Å². The van der Waals surface area contributed by atoms with Crippen LogP contribution < -0.4 is 0 Å². The van der Waals surface area contributed by atoms with Crippen LogP contribution in [0.15, 0.2) is 11.6 Å². The molecule has 1 rings (SSSR count). The van der Waals surface area contributed by atoms with Gasteiger partial charge in [-0.2, -0.15) is 0 Å². The van der Waals surface area contributed by atoms with E-state index in [9.17, 15) is 4.79 Å². The molecular weight excluding hydrogens is 136 g/mol. The zero-order valence-corrected chi connectivity index (χ0v) is 7.55. The second kappa shape index (κ2) is 3.21. The first-order chi connectivity index (χ1) is 5.15. The Kier molecular flexibility index (Phi) is 2.48. The number of hydrogen-bond donors (Lipinski definition) is 0. The van der Waals surface area contributed by atoms with Crippen molar-refractivity contribution in [1.29, 1.82) is 0 Å². The van der Waals surface area contributed by atoms with E-state index in [4.69, 9.17) is 0 Å². The Morgan fingerprint density at radius 2 is 2.09 bits per heavy atom. The van der Waals surface area contributed by atoms with Gasteiger partial charge >= 0.3 is 0 Å². The summed E-state index contributed by atoms with van der Waals surface area (Å²) in [5, 5.41) is 0. The molecule has 0 saturated heterocycles. The zero-order chi connectivity index (χ0) is 8.43. The van der Waals surface area contributed by atoms with E-state index in [0.29, 0.717) is 17.6 Å². The third-order valence-corrected chi connectivity index (χ3v) is 2.45. The number of ketones is 1. The van der Waals surface area contributed by atoms with Gasteiger partial charge in [-0.1, -0.05) is 19.9 Å². The number of hydrogen-bond acceptors (Lipinski definition) is 1. The average Bonchev–Trinajstić information content (AvgIpc) is 1.85. The van der Waals surface area contributed by atoms with Crippen LogP contribution in [0.25, 0.3) is 0 Å². The van der Waals surface area contributed by atoms with Gasteiger partial charge in [0, 0.05) is 6.42 Å². The Hall–Kier alpha value is -0.590. The normalized spacial score (nSPS) is 36.3. The van der Waals surface area contributed by atoms with Crippen LogP contribution in [0, 0.1) is 11.8 Å². The molecule has 0 aromatic carbocycles. The summed E-state index contributed by atoms with van der Waals surface area (Å²) < 4.78 is 0. The molecule has 0 spiro atoms. The molecule has 0 amide bonds. The van der Waals surface area contributed by atoms with E-state index in [2.05, 4.69) is 13.8 Å². The van der Waals surface area contributed by atoms with E-state index >= 15 is 0 Å². The second-order valence-electron chi connectivity index (χ2n) is 3.61. The van der Waals surface area contributed by atoms with Crippen LogP contribution in [0.4, 0.5) is 0 Å². The minimum absolute atomic E-state index is 0.360. The molecule has 0 N–H and O–H groups in total. The Morgan fingerprint density at radius 1 is 1.45 bits per heavy atom. The Labute approximate surface area is 68.5 Å². The molecule has 1 nitrogen and oxygen atoms in total. The summed E-state index contributed by atoms with van der Waals surface area (Å²) in [6.07, 6.45) is 3.90. The molecule has 0 aromatic heterocycles. The molecule has 62 valence electrons. The van der Waals surface area contributed by atoms with Gasteiger partial charge in [0.1, 0.15) is 0 Å². The molecule has 1 fully saturated rings. The third kappa shape index (κ3) is 1.70. The topological polar surface area (TPSA) is 17.1 Å². The molecule has 1 heteroatoms. The van der Waals surface area contributed by atoms with E-state index in [-0.39, 0.29) is 0 Å². The lowest BCUT2D eigenvalue weighted by atomic mass is 9.79. The van der Waals surface area contributed by atoms with Crippen molar-refractivity contribution < 1.29 is 4.79 Å². The van der Waals surface area contributed by atoms with Gasteiger partial charge in [-0.15, -0.1) is 0 Å². The van der Waals surface area contributed by atoms with Crippen LogP contribution in [-0.4, -0.2) is 5.78 Å². The largest absolute Gasteiger partial charge is 0.295 e. The van der Waals surface area contributed by atoms with Crippen molar-refractivity contribution in [3.63, 3.8) is 0 Å². The fourth-order valence-electron chi connectivity index (χ4n) is 1.97. The molecule has 2 atom stereocenters. The van der Waals surface area contributed by atoms with Gasteiger partial charge < -0.3 is 0 Å². The number of Topliss-reactive ketones (excluding diaryl/α,β-unsaturated/α-hetero) is 1. The fourth-order valence-corrected chi connectivity index (χ4v) is 1.97. The number of carbonyl (C=O) groups excluding carboxylic acids is 1. The maximum atomic E-state index is 11.4. The SMILES string of the molecule is C/C=C1/C(=O)CC(C)CC1C. The Morgan fingerprint density at radius 3 is 2.55 bits per heavy atom. The van der Waals surface area contributed by atoms with Gasteiger partial charge in [-0.25, -0.2) is 0 Å². The predicted molar refractivity (Wildman–Crippen MR) is 46.3 cm³/mol. The highest BCUT2D eigenvalue weighted by molar-refractivity contribution is 5.96. The molecule has 0 bridgehead atoms. The van der Waals surface area contributed by atoms with E-state index < -0.39 is 0 Å². The lowest BCUT2D eigenvalue weighted by Crippen LogP contribution is -2.22. The van der Waals surface area contributed by atoms with Crippen molar-refractivity contribution in [3.05, 3.63) is 11.6 Å². The van der Waals surface area contributed by atoms with E-state index in [1.807, 2.05) is 13.0 Å². The van der Waals surface area contributed by atoms with Crippen LogP contribution in [-0.2, 0) is 4.79 Å². The minimum atomic E-state index is 0.360. The van der Waals surface area contributed by atoms with Crippen molar-refractivity contribution in [2.45, 2.75) is 33.6 Å². The standard InChI is InChI=1S/C10H16O/c1-4-9-8(3)5-7(2)6-10(9)11/h4,7-8H,5-6H2,1-3H3/b9-4+. The second-order valence-corrected chi connectivity index (χ2v) is 3.61. The summed E-state index contributed by atoms with van der Waals surface area (Å²) in [6, 6.07) is 0. The number of carbonyl (C=O) groups is 1. The highest BCUT2D eigenvalue weighted by atomic mass is 16.1. The van der Waals surface area contributed by atoms with Crippen LogP contribution >= 0.6 is 0 Å². The molecule has 0 aliphatic heterocycles. The molecule has 1 saturated carbocycles.